The number of anilines is 2. The molecule has 2 aliphatic heterocycles. The highest BCUT2D eigenvalue weighted by atomic mass is 16.5. The van der Waals surface area contributed by atoms with E-state index in [-0.39, 0.29) is 6.61 Å². The molecule has 0 saturated heterocycles. The van der Waals surface area contributed by atoms with Crippen LogP contribution < -0.4 is 14.5 Å². The zero-order valence-electron chi connectivity index (χ0n) is 33.4. The fourth-order valence-electron chi connectivity index (χ4n) is 6.94. The lowest BCUT2D eigenvalue weighted by molar-refractivity contribution is 0.282. The van der Waals surface area contributed by atoms with Crippen LogP contribution in [0.25, 0.3) is 35.1 Å². The highest BCUT2D eigenvalue weighted by molar-refractivity contribution is 5.99. The Morgan fingerprint density at radius 1 is 0.745 bits per heavy atom. The molecule has 0 aromatic heterocycles. The van der Waals surface area contributed by atoms with Gasteiger partial charge in [0.1, 0.15) is 5.75 Å². The standard InChI is InChI=1S/C15H17N.C15H15N.C11H12O.C10H12O/c1-2-5-12-10-13-6-3-8-16-9-4-7-14(11-12)15(13)16;1-4-7-12-10-11-15(16(2)3)14-9-6-5-8-13(12)14;1-4-5-10-7-6-9(2)8-11(10)12-3;1-2-3-9-4-6-10(8-11)7-5-9/h5,10-11H,1,3-4,6-9H2;5-11H,1H2,2-3H3;5-8H,1H2,2-3H3;2-7,11H,8H2,1H3/b;;;3-2+. The molecule has 7 rings (SSSR count). The minimum Gasteiger partial charge on any atom is -0.496 e. The van der Waals surface area contributed by atoms with E-state index in [9.17, 15) is 0 Å². The lowest BCUT2D eigenvalue weighted by Gasteiger charge is -2.37. The van der Waals surface area contributed by atoms with Crippen LogP contribution in [0.1, 0.15) is 64.3 Å². The highest BCUT2D eigenvalue weighted by Gasteiger charge is 2.23. The Kier molecular flexibility index (Phi) is 16.4. The molecule has 5 aromatic rings. The summed E-state index contributed by atoms with van der Waals surface area (Å²) in [7, 11) is 5.78. The fourth-order valence-corrected chi connectivity index (χ4v) is 6.94. The van der Waals surface area contributed by atoms with Gasteiger partial charge in [-0.05, 0) is 126 Å². The van der Waals surface area contributed by atoms with Crippen molar-refractivity contribution in [3.63, 3.8) is 0 Å². The molecule has 282 valence electrons. The van der Waals surface area contributed by atoms with Crippen LogP contribution in [0, 0.1) is 6.92 Å². The maximum Gasteiger partial charge on any atom is 0.126 e. The third-order valence-corrected chi connectivity index (χ3v) is 9.47. The summed E-state index contributed by atoms with van der Waals surface area (Å²) < 4.78 is 5.18. The summed E-state index contributed by atoms with van der Waals surface area (Å²) in [4.78, 5) is 4.70. The van der Waals surface area contributed by atoms with E-state index in [0.717, 1.165) is 22.4 Å². The largest absolute Gasteiger partial charge is 0.496 e. The van der Waals surface area contributed by atoms with E-state index < -0.39 is 0 Å². The predicted molar refractivity (Wildman–Crippen MR) is 239 cm³/mol. The molecular formula is C51H56N2O2. The molecule has 2 heterocycles. The predicted octanol–water partition coefficient (Wildman–Crippen LogP) is 11.9. The number of aryl methyl sites for hydroxylation is 3. The first-order valence-corrected chi connectivity index (χ1v) is 18.9. The molecule has 0 atom stereocenters. The number of ether oxygens (including phenoxy) is 1. The first-order valence-electron chi connectivity index (χ1n) is 18.9. The summed E-state index contributed by atoms with van der Waals surface area (Å²) >= 11 is 0. The second-order valence-corrected chi connectivity index (χ2v) is 13.7. The number of rotatable bonds is 7. The van der Waals surface area contributed by atoms with E-state index >= 15 is 0 Å². The number of aliphatic hydroxyl groups is 1. The molecule has 0 amide bonds. The minimum absolute atomic E-state index is 0.121. The normalized spacial score (nSPS) is 12.1. The van der Waals surface area contributed by atoms with Gasteiger partial charge in [-0.25, -0.2) is 0 Å². The third-order valence-electron chi connectivity index (χ3n) is 9.47. The number of benzene rings is 5. The van der Waals surface area contributed by atoms with E-state index in [1.165, 1.54) is 83.0 Å². The van der Waals surface area contributed by atoms with Gasteiger partial charge in [0, 0.05) is 49.5 Å². The van der Waals surface area contributed by atoms with Crippen molar-refractivity contribution in [1.29, 1.82) is 0 Å². The summed E-state index contributed by atoms with van der Waals surface area (Å²) in [6.45, 7) is 17.4. The van der Waals surface area contributed by atoms with Crippen LogP contribution in [0.15, 0.2) is 134 Å². The van der Waals surface area contributed by atoms with Crippen molar-refractivity contribution in [1.82, 2.24) is 0 Å². The van der Waals surface area contributed by atoms with Crippen molar-refractivity contribution >= 4 is 46.5 Å². The van der Waals surface area contributed by atoms with Gasteiger partial charge in [-0.15, -0.1) is 17.2 Å². The summed E-state index contributed by atoms with van der Waals surface area (Å²) in [6, 6.07) is 31.1. The number of fused-ring (bicyclic) bond motifs is 1. The van der Waals surface area contributed by atoms with Gasteiger partial charge >= 0.3 is 0 Å². The summed E-state index contributed by atoms with van der Waals surface area (Å²) in [5, 5.41) is 11.2. The lowest BCUT2D eigenvalue weighted by atomic mass is 9.90. The number of hydrogen-bond donors (Lipinski definition) is 1. The average Bonchev–Trinajstić information content (AvgIpc) is 3.20. The number of allylic oxidation sites excluding steroid dienone is 1. The Hall–Kier alpha value is -5.98. The smallest absolute Gasteiger partial charge is 0.126 e. The van der Waals surface area contributed by atoms with E-state index in [1.807, 2.05) is 80.6 Å². The van der Waals surface area contributed by atoms with Gasteiger partial charge in [-0.3, -0.25) is 0 Å². The Labute approximate surface area is 329 Å². The molecule has 0 unspecified atom stereocenters. The van der Waals surface area contributed by atoms with E-state index in [4.69, 9.17) is 9.84 Å². The van der Waals surface area contributed by atoms with Gasteiger partial charge in [0.25, 0.3) is 0 Å². The Balaban J connectivity index is 0.000000165. The van der Waals surface area contributed by atoms with Gasteiger partial charge in [0.15, 0.2) is 0 Å². The molecule has 0 aliphatic carbocycles. The molecule has 0 spiro atoms. The van der Waals surface area contributed by atoms with Crippen LogP contribution in [-0.4, -0.2) is 39.4 Å². The average molecular weight is 729 g/mol. The lowest BCUT2D eigenvalue weighted by Crippen LogP contribution is -2.34. The first kappa shape index (κ1) is 41.8. The van der Waals surface area contributed by atoms with Gasteiger partial charge in [0.2, 0.25) is 0 Å². The molecule has 4 nitrogen and oxygen atoms in total. The molecule has 4 heteroatoms. The van der Waals surface area contributed by atoms with Crippen LogP contribution in [0.3, 0.4) is 0 Å². The molecule has 2 aliphatic rings. The topological polar surface area (TPSA) is 35.9 Å². The maximum atomic E-state index is 8.74. The SMILES string of the molecule is C/C=C/c1ccc(CO)cc1.C=C=Cc1cc2c3c(c1)CCCN3CCC2.C=C=Cc1ccc(C)cc1OC.C=C=Cc1ccc(N(C)C)c2ccccc12. The minimum atomic E-state index is 0.121. The van der Waals surface area contributed by atoms with Crippen molar-refractivity contribution in [2.24, 2.45) is 0 Å². The van der Waals surface area contributed by atoms with Gasteiger partial charge in [-0.2, -0.15) is 0 Å². The highest BCUT2D eigenvalue weighted by Crippen LogP contribution is 2.36. The Morgan fingerprint density at radius 3 is 1.91 bits per heavy atom. The zero-order valence-corrected chi connectivity index (χ0v) is 33.4. The molecular weight excluding hydrogens is 673 g/mol. The second kappa shape index (κ2) is 21.7. The van der Waals surface area contributed by atoms with Gasteiger partial charge in [0.05, 0.1) is 13.7 Å². The Bertz CT molecular complexity index is 2180. The van der Waals surface area contributed by atoms with Crippen molar-refractivity contribution in [3.8, 4) is 5.75 Å². The van der Waals surface area contributed by atoms with Crippen LogP contribution in [0.5, 0.6) is 5.75 Å². The van der Waals surface area contributed by atoms with Crippen LogP contribution in [0.4, 0.5) is 11.4 Å². The zero-order chi connectivity index (χ0) is 39.6. The second-order valence-electron chi connectivity index (χ2n) is 13.7. The number of methoxy groups -OCH3 is 1. The molecule has 55 heavy (non-hydrogen) atoms. The summed E-state index contributed by atoms with van der Waals surface area (Å²) in [6.07, 6.45) is 14.8. The van der Waals surface area contributed by atoms with Crippen LogP contribution >= 0.6 is 0 Å². The molecule has 0 fully saturated rings. The molecule has 5 aromatic carbocycles. The molecule has 0 bridgehead atoms. The van der Waals surface area contributed by atoms with Crippen LogP contribution in [-0.2, 0) is 19.4 Å². The third kappa shape index (κ3) is 11.8. The monoisotopic (exact) mass is 728 g/mol. The van der Waals surface area contributed by atoms with E-state index in [2.05, 4.69) is 109 Å². The number of aliphatic hydroxyl groups excluding tert-OH is 1. The van der Waals surface area contributed by atoms with Crippen molar-refractivity contribution < 1.29 is 9.84 Å². The molecule has 0 saturated carbocycles. The van der Waals surface area contributed by atoms with Crippen LogP contribution in [0.2, 0.25) is 0 Å². The fraction of sp³-hybridized carbons (Fsp3) is 0.235. The Morgan fingerprint density at radius 2 is 1.35 bits per heavy atom. The van der Waals surface area contributed by atoms with Crippen molar-refractivity contribution in [3.05, 3.63) is 179 Å². The van der Waals surface area contributed by atoms with E-state index in [1.54, 1.807) is 18.9 Å². The molecule has 1 N–H and O–H groups in total. The number of nitrogens with zero attached hydrogens (tertiary/aromatic N) is 2. The molecule has 0 radical (unpaired) electrons. The first-order chi connectivity index (χ1) is 26.8. The maximum absolute atomic E-state index is 8.74. The quantitative estimate of drug-likeness (QED) is 0.169. The summed E-state index contributed by atoms with van der Waals surface area (Å²) in [5.41, 5.74) is 21.0. The van der Waals surface area contributed by atoms with Gasteiger partial charge < -0.3 is 19.6 Å². The van der Waals surface area contributed by atoms with Gasteiger partial charge in [-0.1, -0.05) is 98.6 Å². The van der Waals surface area contributed by atoms with Crippen molar-refractivity contribution in [2.75, 3.05) is 44.1 Å². The van der Waals surface area contributed by atoms with Crippen molar-refractivity contribution in [2.45, 2.75) is 46.1 Å². The number of hydrogen-bond acceptors (Lipinski definition) is 4. The van der Waals surface area contributed by atoms with E-state index in [0.29, 0.717) is 0 Å². The summed E-state index contributed by atoms with van der Waals surface area (Å²) in [5.74, 6) is 0.867.